The van der Waals surface area contributed by atoms with Crippen LogP contribution in [0.2, 0.25) is 0 Å². The molecule has 1 saturated heterocycles. The van der Waals surface area contributed by atoms with Crippen molar-refractivity contribution in [3.63, 3.8) is 0 Å². The Bertz CT molecular complexity index is 939. The van der Waals surface area contributed by atoms with Gasteiger partial charge < -0.3 is 19.7 Å². The highest BCUT2D eigenvalue weighted by molar-refractivity contribution is 5.95. The SMILES string of the molecule is CC(C)(C)c1ccc(C(=O)NC2CCN(C(=O)c3ccc4c(c3)OCO4)CC2)cc1. The largest absolute Gasteiger partial charge is 0.454 e. The van der Waals surface area contributed by atoms with E-state index in [-0.39, 0.29) is 30.1 Å². The van der Waals surface area contributed by atoms with Gasteiger partial charge in [0.25, 0.3) is 11.8 Å². The van der Waals surface area contributed by atoms with Gasteiger partial charge in [-0.25, -0.2) is 0 Å². The molecule has 0 spiro atoms. The van der Waals surface area contributed by atoms with Gasteiger partial charge in [-0.05, 0) is 54.2 Å². The third kappa shape index (κ3) is 4.27. The molecular formula is C24H28N2O4. The summed E-state index contributed by atoms with van der Waals surface area (Å²) in [6.45, 7) is 7.88. The summed E-state index contributed by atoms with van der Waals surface area (Å²) in [6.07, 6.45) is 1.48. The average molecular weight is 408 g/mol. The Morgan fingerprint density at radius 2 is 1.57 bits per heavy atom. The lowest BCUT2D eigenvalue weighted by atomic mass is 9.86. The molecule has 0 saturated carbocycles. The van der Waals surface area contributed by atoms with Crippen molar-refractivity contribution in [2.75, 3.05) is 19.9 Å². The van der Waals surface area contributed by atoms with E-state index in [2.05, 4.69) is 26.1 Å². The van der Waals surface area contributed by atoms with E-state index in [0.717, 1.165) is 12.8 Å². The first-order chi connectivity index (χ1) is 14.3. The van der Waals surface area contributed by atoms with Crippen LogP contribution in [-0.2, 0) is 5.41 Å². The van der Waals surface area contributed by atoms with Crippen molar-refractivity contribution in [2.45, 2.75) is 45.1 Å². The van der Waals surface area contributed by atoms with Gasteiger partial charge in [0.05, 0.1) is 0 Å². The van der Waals surface area contributed by atoms with Crippen LogP contribution in [0.3, 0.4) is 0 Å². The Kier molecular flexibility index (Phi) is 5.41. The van der Waals surface area contributed by atoms with E-state index >= 15 is 0 Å². The van der Waals surface area contributed by atoms with E-state index in [9.17, 15) is 9.59 Å². The minimum absolute atomic E-state index is 0.0177. The van der Waals surface area contributed by atoms with Gasteiger partial charge in [0.15, 0.2) is 11.5 Å². The third-order valence-electron chi connectivity index (χ3n) is 5.75. The van der Waals surface area contributed by atoms with Crippen LogP contribution in [-0.4, -0.2) is 42.6 Å². The molecule has 6 nitrogen and oxygen atoms in total. The number of hydrogen-bond acceptors (Lipinski definition) is 4. The van der Waals surface area contributed by atoms with Gasteiger partial charge in [-0.2, -0.15) is 0 Å². The molecular weight excluding hydrogens is 380 g/mol. The Morgan fingerprint density at radius 3 is 2.23 bits per heavy atom. The molecule has 4 rings (SSSR count). The Balaban J connectivity index is 1.31. The monoisotopic (exact) mass is 408 g/mol. The molecule has 2 aromatic carbocycles. The molecule has 2 aliphatic rings. The highest BCUT2D eigenvalue weighted by atomic mass is 16.7. The van der Waals surface area contributed by atoms with Crippen LogP contribution in [0.25, 0.3) is 0 Å². The summed E-state index contributed by atoms with van der Waals surface area (Å²) in [4.78, 5) is 27.2. The number of fused-ring (bicyclic) bond motifs is 1. The fraction of sp³-hybridized carbons (Fsp3) is 0.417. The van der Waals surface area contributed by atoms with Crippen LogP contribution in [0.15, 0.2) is 42.5 Å². The number of carbonyl (C=O) groups is 2. The zero-order valence-corrected chi connectivity index (χ0v) is 17.7. The van der Waals surface area contributed by atoms with Crippen molar-refractivity contribution in [1.29, 1.82) is 0 Å². The molecule has 2 heterocycles. The van der Waals surface area contributed by atoms with Crippen molar-refractivity contribution in [3.05, 3.63) is 59.2 Å². The molecule has 2 aliphatic heterocycles. The third-order valence-corrected chi connectivity index (χ3v) is 5.75. The first kappa shape index (κ1) is 20.3. The molecule has 30 heavy (non-hydrogen) atoms. The molecule has 0 unspecified atom stereocenters. The predicted octanol–water partition coefficient (Wildman–Crippen LogP) is 3.75. The van der Waals surface area contributed by atoms with Gasteiger partial charge in [-0.15, -0.1) is 0 Å². The van der Waals surface area contributed by atoms with Crippen LogP contribution in [0.5, 0.6) is 11.5 Å². The first-order valence-electron chi connectivity index (χ1n) is 10.4. The molecule has 2 amide bonds. The minimum atomic E-state index is -0.0593. The molecule has 1 N–H and O–H groups in total. The number of likely N-dealkylation sites (tertiary alicyclic amines) is 1. The highest BCUT2D eigenvalue weighted by Crippen LogP contribution is 2.33. The molecule has 0 atom stereocenters. The van der Waals surface area contributed by atoms with Gasteiger partial charge in [-0.3, -0.25) is 9.59 Å². The van der Waals surface area contributed by atoms with Crippen molar-refractivity contribution >= 4 is 11.8 Å². The summed E-state index contributed by atoms with van der Waals surface area (Å²) < 4.78 is 10.7. The van der Waals surface area contributed by atoms with Gasteiger partial charge in [0.1, 0.15) is 0 Å². The van der Waals surface area contributed by atoms with Crippen LogP contribution in [0, 0.1) is 0 Å². The maximum absolute atomic E-state index is 12.8. The smallest absolute Gasteiger partial charge is 0.253 e. The summed E-state index contributed by atoms with van der Waals surface area (Å²) in [5.74, 6) is 1.20. The number of rotatable bonds is 3. The Morgan fingerprint density at radius 1 is 0.933 bits per heavy atom. The predicted molar refractivity (Wildman–Crippen MR) is 114 cm³/mol. The van der Waals surface area contributed by atoms with Crippen molar-refractivity contribution in [1.82, 2.24) is 10.2 Å². The van der Waals surface area contributed by atoms with Crippen LogP contribution >= 0.6 is 0 Å². The van der Waals surface area contributed by atoms with Crippen LogP contribution in [0.1, 0.15) is 59.9 Å². The molecule has 0 bridgehead atoms. The summed E-state index contributed by atoms with van der Waals surface area (Å²) >= 11 is 0. The van der Waals surface area contributed by atoms with Crippen LogP contribution in [0.4, 0.5) is 0 Å². The summed E-state index contributed by atoms with van der Waals surface area (Å²) in [5, 5.41) is 3.11. The second-order valence-electron chi connectivity index (χ2n) is 8.94. The number of carbonyl (C=O) groups excluding carboxylic acids is 2. The average Bonchev–Trinajstić information content (AvgIpc) is 3.21. The van der Waals surface area contributed by atoms with Gasteiger partial charge in [-0.1, -0.05) is 32.9 Å². The molecule has 2 aromatic rings. The van der Waals surface area contributed by atoms with Crippen molar-refractivity contribution in [3.8, 4) is 11.5 Å². The fourth-order valence-electron chi connectivity index (χ4n) is 3.83. The van der Waals surface area contributed by atoms with E-state index in [1.165, 1.54) is 5.56 Å². The maximum atomic E-state index is 12.8. The highest BCUT2D eigenvalue weighted by Gasteiger charge is 2.26. The molecule has 0 radical (unpaired) electrons. The molecule has 0 aliphatic carbocycles. The van der Waals surface area contributed by atoms with Crippen molar-refractivity contribution in [2.24, 2.45) is 0 Å². The second kappa shape index (κ2) is 8.01. The first-order valence-corrected chi connectivity index (χ1v) is 10.4. The lowest BCUT2D eigenvalue weighted by Gasteiger charge is -2.32. The lowest BCUT2D eigenvalue weighted by molar-refractivity contribution is 0.0697. The summed E-state index contributed by atoms with van der Waals surface area (Å²) in [6, 6.07) is 13.1. The number of piperidine rings is 1. The number of nitrogens with zero attached hydrogens (tertiary/aromatic N) is 1. The normalized spacial score (nSPS) is 16.4. The number of nitrogens with one attached hydrogen (secondary N) is 1. The molecule has 6 heteroatoms. The molecule has 0 aromatic heterocycles. The van der Waals surface area contributed by atoms with Gasteiger partial charge in [0, 0.05) is 30.3 Å². The van der Waals surface area contributed by atoms with Crippen LogP contribution < -0.4 is 14.8 Å². The second-order valence-corrected chi connectivity index (χ2v) is 8.94. The molecule has 158 valence electrons. The number of ether oxygens (including phenoxy) is 2. The van der Waals surface area contributed by atoms with E-state index in [1.807, 2.05) is 29.2 Å². The van der Waals surface area contributed by atoms with E-state index in [1.54, 1.807) is 18.2 Å². The minimum Gasteiger partial charge on any atom is -0.454 e. The topological polar surface area (TPSA) is 67.9 Å². The van der Waals surface area contributed by atoms with Crippen molar-refractivity contribution < 1.29 is 19.1 Å². The number of hydrogen-bond donors (Lipinski definition) is 1. The van der Waals surface area contributed by atoms with E-state index in [0.29, 0.717) is 35.7 Å². The Hall–Kier alpha value is -3.02. The number of benzene rings is 2. The quantitative estimate of drug-likeness (QED) is 0.840. The van der Waals surface area contributed by atoms with E-state index < -0.39 is 0 Å². The summed E-state index contributed by atoms with van der Waals surface area (Å²) in [5.41, 5.74) is 2.53. The number of amides is 2. The Labute approximate surface area is 177 Å². The zero-order valence-electron chi connectivity index (χ0n) is 17.7. The standard InChI is InChI=1S/C24H28N2O4/c1-24(2,3)18-7-4-16(5-8-18)22(27)25-19-10-12-26(13-11-19)23(28)17-6-9-20-21(14-17)30-15-29-20/h4-9,14,19H,10-13,15H2,1-3H3,(H,25,27). The lowest BCUT2D eigenvalue weighted by Crippen LogP contribution is -2.46. The molecule has 1 fully saturated rings. The maximum Gasteiger partial charge on any atom is 0.253 e. The summed E-state index contributed by atoms with van der Waals surface area (Å²) in [7, 11) is 0. The fourth-order valence-corrected chi connectivity index (χ4v) is 3.83. The van der Waals surface area contributed by atoms with Gasteiger partial charge >= 0.3 is 0 Å². The van der Waals surface area contributed by atoms with E-state index in [4.69, 9.17) is 9.47 Å². The zero-order chi connectivity index (χ0) is 21.3. The van der Waals surface area contributed by atoms with Gasteiger partial charge in [0.2, 0.25) is 6.79 Å².